The topological polar surface area (TPSA) is 114 Å². The number of carbonyl (C=O) groups excluding carboxylic acids is 1. The van der Waals surface area contributed by atoms with Gasteiger partial charge in [0.05, 0.1) is 10.6 Å². The van der Waals surface area contributed by atoms with Crippen molar-refractivity contribution in [3.63, 3.8) is 0 Å². The summed E-state index contributed by atoms with van der Waals surface area (Å²) in [5.41, 5.74) is 5.70. The minimum Gasteiger partial charge on any atom is -0.383 e. The fraction of sp³-hybridized carbons (Fsp3) is 0.429. The zero-order chi connectivity index (χ0) is 22.5. The monoisotopic (exact) mass is 461 g/mol. The van der Waals surface area contributed by atoms with E-state index in [1.807, 2.05) is 31.4 Å². The Balaban J connectivity index is 2.08. The summed E-state index contributed by atoms with van der Waals surface area (Å²) in [5, 5.41) is 2.72. The molecule has 3 aromatic heterocycles. The van der Waals surface area contributed by atoms with Gasteiger partial charge in [-0.15, -0.1) is 22.7 Å². The van der Waals surface area contributed by atoms with E-state index in [0.29, 0.717) is 30.1 Å². The molecule has 0 aliphatic carbocycles. The number of thiazole rings is 1. The van der Waals surface area contributed by atoms with Gasteiger partial charge in [0.1, 0.15) is 15.7 Å². The summed E-state index contributed by atoms with van der Waals surface area (Å²) in [6.45, 7) is 6.49. The maximum atomic E-state index is 13.6. The van der Waals surface area contributed by atoms with Gasteiger partial charge in [0.25, 0.3) is 11.5 Å². The van der Waals surface area contributed by atoms with Gasteiger partial charge in [0.2, 0.25) is 0 Å². The number of aromatic amines is 1. The molecule has 0 aromatic carbocycles. The quantitative estimate of drug-likeness (QED) is 0.502. The van der Waals surface area contributed by atoms with Crippen LogP contribution in [0.2, 0.25) is 0 Å². The molecule has 0 spiro atoms. The van der Waals surface area contributed by atoms with Gasteiger partial charge in [-0.3, -0.25) is 24.0 Å². The lowest BCUT2D eigenvalue weighted by Crippen LogP contribution is -2.41. The summed E-state index contributed by atoms with van der Waals surface area (Å²) in [6, 6.07) is 3.89. The third-order valence-electron chi connectivity index (χ3n) is 4.92. The molecule has 0 saturated carbocycles. The summed E-state index contributed by atoms with van der Waals surface area (Å²) >= 11 is 2.86. The highest BCUT2D eigenvalue weighted by Crippen LogP contribution is 2.32. The van der Waals surface area contributed by atoms with Crippen LogP contribution in [-0.4, -0.2) is 27.0 Å². The predicted molar refractivity (Wildman–Crippen MR) is 127 cm³/mol. The smallest absolute Gasteiger partial charge is 0.330 e. The van der Waals surface area contributed by atoms with Crippen LogP contribution in [0.5, 0.6) is 0 Å². The highest BCUT2D eigenvalue weighted by molar-refractivity contribution is 7.22. The SMILES string of the molecule is CCCCN(C(=O)c1sc(-c2cccs2)nc1C)c1c(N)n(CCCC)c(=O)[nH]c1=O. The van der Waals surface area contributed by atoms with Gasteiger partial charge in [-0.1, -0.05) is 32.8 Å². The highest BCUT2D eigenvalue weighted by atomic mass is 32.1. The van der Waals surface area contributed by atoms with Crippen LogP contribution in [-0.2, 0) is 6.54 Å². The minimum atomic E-state index is -0.652. The number of nitrogens with one attached hydrogen (secondary N) is 1. The number of H-pyrrole nitrogens is 1. The number of hydrogen-bond donors (Lipinski definition) is 2. The number of hydrogen-bond acceptors (Lipinski definition) is 7. The van der Waals surface area contributed by atoms with Crippen LogP contribution >= 0.6 is 22.7 Å². The average molecular weight is 462 g/mol. The molecule has 0 aliphatic rings. The number of carbonyl (C=O) groups is 1. The molecule has 8 nitrogen and oxygen atoms in total. The predicted octanol–water partition coefficient (Wildman–Crippen LogP) is 3.86. The zero-order valence-corrected chi connectivity index (χ0v) is 19.6. The molecule has 0 fully saturated rings. The van der Waals surface area contributed by atoms with Crippen LogP contribution in [0.1, 0.15) is 54.9 Å². The van der Waals surface area contributed by atoms with Crippen molar-refractivity contribution in [2.75, 3.05) is 17.2 Å². The van der Waals surface area contributed by atoms with Gasteiger partial charge in [-0.05, 0) is 31.2 Å². The molecule has 3 rings (SSSR count). The maximum Gasteiger partial charge on any atom is 0.330 e. The average Bonchev–Trinajstić information content (AvgIpc) is 3.39. The molecule has 3 heterocycles. The normalized spacial score (nSPS) is 11.1. The Bertz CT molecular complexity index is 1160. The molecule has 10 heteroatoms. The molecule has 3 aromatic rings. The van der Waals surface area contributed by atoms with Crippen molar-refractivity contribution in [1.82, 2.24) is 14.5 Å². The van der Waals surface area contributed by atoms with Crippen molar-refractivity contribution in [2.45, 2.75) is 53.0 Å². The van der Waals surface area contributed by atoms with Crippen LogP contribution in [0.3, 0.4) is 0 Å². The number of rotatable bonds is 9. The van der Waals surface area contributed by atoms with E-state index in [-0.39, 0.29) is 17.4 Å². The van der Waals surface area contributed by atoms with E-state index in [9.17, 15) is 14.4 Å². The summed E-state index contributed by atoms with van der Waals surface area (Å²) < 4.78 is 1.34. The Morgan fingerprint density at radius 2 is 2.00 bits per heavy atom. The van der Waals surface area contributed by atoms with E-state index in [2.05, 4.69) is 9.97 Å². The molecule has 3 N–H and O–H groups in total. The Kier molecular flexibility index (Phi) is 7.45. The summed E-state index contributed by atoms with van der Waals surface area (Å²) in [6.07, 6.45) is 3.12. The molecule has 1 amide bonds. The van der Waals surface area contributed by atoms with E-state index in [4.69, 9.17) is 5.73 Å². The van der Waals surface area contributed by atoms with Crippen molar-refractivity contribution in [3.05, 3.63) is 48.9 Å². The maximum absolute atomic E-state index is 13.6. The van der Waals surface area contributed by atoms with Crippen LogP contribution in [0.4, 0.5) is 11.5 Å². The van der Waals surface area contributed by atoms with Gasteiger partial charge >= 0.3 is 5.69 Å². The van der Waals surface area contributed by atoms with Crippen LogP contribution in [0.25, 0.3) is 9.88 Å². The first-order chi connectivity index (χ1) is 14.9. The summed E-state index contributed by atoms with van der Waals surface area (Å²) in [5.74, 6) is -0.309. The van der Waals surface area contributed by atoms with Gasteiger partial charge in [0.15, 0.2) is 5.69 Å². The van der Waals surface area contributed by atoms with Crippen LogP contribution < -0.4 is 21.9 Å². The number of nitrogens with two attached hydrogens (primary N) is 1. The van der Waals surface area contributed by atoms with E-state index < -0.39 is 11.2 Å². The summed E-state index contributed by atoms with van der Waals surface area (Å²) in [4.78, 5) is 48.4. The summed E-state index contributed by atoms with van der Waals surface area (Å²) in [7, 11) is 0. The lowest BCUT2D eigenvalue weighted by Gasteiger charge is -2.24. The number of nitrogens with zero attached hydrogens (tertiary/aromatic N) is 3. The molecular formula is C21H27N5O3S2. The Morgan fingerprint density at radius 3 is 2.65 bits per heavy atom. The Hall–Kier alpha value is -2.72. The number of thiophene rings is 1. The lowest BCUT2D eigenvalue weighted by molar-refractivity contribution is 0.0989. The molecular weight excluding hydrogens is 434 g/mol. The fourth-order valence-electron chi connectivity index (χ4n) is 3.23. The van der Waals surface area contributed by atoms with Gasteiger partial charge in [-0.2, -0.15) is 0 Å². The Labute approximate surface area is 188 Å². The molecule has 0 bridgehead atoms. The van der Waals surface area contributed by atoms with Crippen molar-refractivity contribution >= 4 is 40.1 Å². The number of nitrogen functional groups attached to an aromatic ring is 1. The number of unbranched alkanes of at least 4 members (excludes halogenated alkanes) is 2. The number of anilines is 2. The van der Waals surface area contributed by atoms with Crippen LogP contribution in [0, 0.1) is 6.92 Å². The molecule has 166 valence electrons. The second kappa shape index (κ2) is 10.1. The van der Waals surface area contributed by atoms with Gasteiger partial charge in [0, 0.05) is 13.1 Å². The highest BCUT2D eigenvalue weighted by Gasteiger charge is 2.28. The molecule has 0 atom stereocenters. The van der Waals surface area contributed by atoms with E-state index >= 15 is 0 Å². The Morgan fingerprint density at radius 1 is 1.26 bits per heavy atom. The van der Waals surface area contributed by atoms with E-state index in [1.165, 1.54) is 20.8 Å². The second-order valence-electron chi connectivity index (χ2n) is 7.22. The minimum absolute atomic E-state index is 0.0206. The molecule has 0 saturated heterocycles. The molecule has 31 heavy (non-hydrogen) atoms. The number of amides is 1. The molecule has 0 radical (unpaired) electrons. The van der Waals surface area contributed by atoms with Crippen LogP contribution in [0.15, 0.2) is 27.1 Å². The zero-order valence-electron chi connectivity index (χ0n) is 17.9. The number of aromatic nitrogens is 3. The largest absolute Gasteiger partial charge is 0.383 e. The van der Waals surface area contributed by atoms with Gasteiger partial charge < -0.3 is 5.73 Å². The fourth-order valence-corrected chi connectivity index (χ4v) is 5.04. The van der Waals surface area contributed by atoms with Crippen molar-refractivity contribution in [3.8, 4) is 9.88 Å². The van der Waals surface area contributed by atoms with Crippen molar-refractivity contribution < 1.29 is 4.79 Å². The first-order valence-corrected chi connectivity index (χ1v) is 12.0. The lowest BCUT2D eigenvalue weighted by atomic mass is 10.2. The third-order valence-corrected chi connectivity index (χ3v) is 7.11. The first-order valence-electron chi connectivity index (χ1n) is 10.3. The first kappa shape index (κ1) is 23.0. The molecule has 0 unspecified atom stereocenters. The van der Waals surface area contributed by atoms with Crippen molar-refractivity contribution in [1.29, 1.82) is 0 Å². The third kappa shape index (κ3) is 4.80. The standard InChI is InChI=1S/C21H27N5O3S2/c1-4-6-10-25(15-17(22)26(11-7-5-2)21(29)24-18(15)27)20(28)16-13(3)23-19(31-16)14-9-8-12-30-14/h8-9,12H,4-7,10-11,22H2,1-3H3,(H,24,27,29). The molecule has 0 aliphatic heterocycles. The van der Waals surface area contributed by atoms with E-state index in [0.717, 1.165) is 29.1 Å². The number of aryl methyl sites for hydroxylation is 1. The van der Waals surface area contributed by atoms with E-state index in [1.54, 1.807) is 18.3 Å². The second-order valence-corrected chi connectivity index (χ2v) is 9.17. The van der Waals surface area contributed by atoms with Gasteiger partial charge in [-0.25, -0.2) is 9.78 Å². The van der Waals surface area contributed by atoms with Crippen molar-refractivity contribution in [2.24, 2.45) is 0 Å².